The normalized spacial score (nSPS) is 16.6. The Labute approximate surface area is 108 Å². The van der Waals surface area contributed by atoms with Crippen LogP contribution in [0.3, 0.4) is 0 Å². The van der Waals surface area contributed by atoms with Gasteiger partial charge in [-0.25, -0.2) is 4.79 Å². The summed E-state index contributed by atoms with van der Waals surface area (Å²) in [6.07, 6.45) is 4.95. The van der Waals surface area contributed by atoms with E-state index in [4.69, 9.17) is 0 Å². The fourth-order valence-electron chi connectivity index (χ4n) is 2.00. The summed E-state index contributed by atoms with van der Waals surface area (Å²) in [7, 11) is 0. The van der Waals surface area contributed by atoms with E-state index >= 15 is 0 Å². The van der Waals surface area contributed by atoms with Gasteiger partial charge in [0.05, 0.1) is 5.56 Å². The van der Waals surface area contributed by atoms with Crippen molar-refractivity contribution in [2.45, 2.75) is 35.8 Å². The number of halogens is 1. The Morgan fingerprint density at radius 1 is 1.38 bits per heavy atom. The number of hydrogen-bond donors (Lipinski definition) is 1. The fraction of sp³-hybridized carbons (Fsp3) is 0.417. The van der Waals surface area contributed by atoms with Crippen molar-refractivity contribution in [2.75, 3.05) is 0 Å². The molecule has 1 aliphatic carbocycles. The van der Waals surface area contributed by atoms with Crippen molar-refractivity contribution in [2.24, 2.45) is 0 Å². The van der Waals surface area contributed by atoms with Crippen LogP contribution in [-0.2, 0) is 0 Å². The van der Waals surface area contributed by atoms with Crippen LogP contribution in [0.5, 0.6) is 0 Å². The van der Waals surface area contributed by atoms with Crippen LogP contribution in [0.1, 0.15) is 36.0 Å². The standard InChI is InChI=1S/C12H13BrO2S/c13-9-6-3-7-10(11(9)12(14)15)16-8-4-1-2-5-8/h3,6-8H,1-2,4-5H2,(H,14,15). The molecule has 4 heteroatoms. The van der Waals surface area contributed by atoms with Gasteiger partial charge in [0.1, 0.15) is 0 Å². The molecule has 0 bridgehead atoms. The van der Waals surface area contributed by atoms with Gasteiger partial charge < -0.3 is 5.11 Å². The highest BCUT2D eigenvalue weighted by atomic mass is 79.9. The first kappa shape index (κ1) is 12.0. The van der Waals surface area contributed by atoms with Crippen LogP contribution in [0, 0.1) is 0 Å². The highest BCUT2D eigenvalue weighted by molar-refractivity contribution is 9.10. The van der Waals surface area contributed by atoms with Gasteiger partial charge in [-0.3, -0.25) is 0 Å². The molecule has 1 N–H and O–H groups in total. The Hall–Kier alpha value is -0.480. The first-order valence-corrected chi connectivity index (χ1v) is 7.04. The Balaban J connectivity index is 2.25. The summed E-state index contributed by atoms with van der Waals surface area (Å²) < 4.78 is 0.669. The molecule has 0 aliphatic heterocycles. The molecule has 1 fully saturated rings. The number of carboxylic acids is 1. The predicted molar refractivity (Wildman–Crippen MR) is 69.2 cm³/mol. The van der Waals surface area contributed by atoms with Gasteiger partial charge in [0, 0.05) is 14.6 Å². The van der Waals surface area contributed by atoms with Crippen molar-refractivity contribution < 1.29 is 9.90 Å². The summed E-state index contributed by atoms with van der Waals surface area (Å²) in [5.74, 6) is -0.854. The van der Waals surface area contributed by atoms with Gasteiger partial charge in [-0.15, -0.1) is 11.8 Å². The van der Waals surface area contributed by atoms with E-state index in [1.165, 1.54) is 25.7 Å². The molecule has 1 saturated carbocycles. The predicted octanol–water partition coefficient (Wildman–Crippen LogP) is 4.18. The highest BCUT2D eigenvalue weighted by Crippen LogP contribution is 2.38. The molecule has 0 heterocycles. The number of rotatable bonds is 3. The third-order valence-corrected chi connectivity index (χ3v) is 4.84. The molecule has 1 aliphatic rings. The second-order valence-electron chi connectivity index (χ2n) is 3.94. The summed E-state index contributed by atoms with van der Waals surface area (Å²) in [6.45, 7) is 0. The molecule has 0 unspecified atom stereocenters. The monoisotopic (exact) mass is 300 g/mol. The first-order valence-electron chi connectivity index (χ1n) is 5.37. The SMILES string of the molecule is O=C(O)c1c(Br)cccc1SC1CCCC1. The van der Waals surface area contributed by atoms with Crippen molar-refractivity contribution in [1.82, 2.24) is 0 Å². The minimum atomic E-state index is -0.854. The molecule has 0 spiro atoms. The van der Waals surface area contributed by atoms with Gasteiger partial charge in [0.2, 0.25) is 0 Å². The first-order chi connectivity index (χ1) is 7.68. The van der Waals surface area contributed by atoms with Crippen LogP contribution in [0.4, 0.5) is 0 Å². The van der Waals surface area contributed by atoms with Crippen molar-refractivity contribution >= 4 is 33.7 Å². The third-order valence-electron chi connectivity index (χ3n) is 2.79. The summed E-state index contributed by atoms with van der Waals surface area (Å²) in [6, 6.07) is 5.58. The second-order valence-corrected chi connectivity index (χ2v) is 6.14. The fourth-order valence-corrected chi connectivity index (χ4v) is 4.06. The van der Waals surface area contributed by atoms with E-state index < -0.39 is 5.97 Å². The van der Waals surface area contributed by atoms with Crippen LogP contribution >= 0.6 is 27.7 Å². The topological polar surface area (TPSA) is 37.3 Å². The number of thioether (sulfide) groups is 1. The quantitative estimate of drug-likeness (QED) is 0.910. The van der Waals surface area contributed by atoms with Gasteiger partial charge >= 0.3 is 5.97 Å². The zero-order valence-corrected chi connectivity index (χ0v) is 11.2. The maximum absolute atomic E-state index is 11.2. The van der Waals surface area contributed by atoms with E-state index in [-0.39, 0.29) is 0 Å². The summed E-state index contributed by atoms with van der Waals surface area (Å²) >= 11 is 5.01. The Kier molecular flexibility index (Phi) is 3.92. The summed E-state index contributed by atoms with van der Waals surface area (Å²) in [5, 5.41) is 9.77. The summed E-state index contributed by atoms with van der Waals surface area (Å²) in [5.41, 5.74) is 0.402. The van der Waals surface area contributed by atoms with Gasteiger partial charge in [0.25, 0.3) is 0 Å². The minimum Gasteiger partial charge on any atom is -0.478 e. The lowest BCUT2D eigenvalue weighted by atomic mass is 10.2. The Morgan fingerprint density at radius 3 is 2.69 bits per heavy atom. The van der Waals surface area contributed by atoms with Gasteiger partial charge in [-0.2, -0.15) is 0 Å². The van der Waals surface area contributed by atoms with E-state index in [1.807, 2.05) is 12.1 Å². The van der Waals surface area contributed by atoms with Crippen LogP contribution in [0.2, 0.25) is 0 Å². The third kappa shape index (κ3) is 2.61. The van der Waals surface area contributed by atoms with Gasteiger partial charge in [-0.05, 0) is 40.9 Å². The minimum absolute atomic E-state index is 0.402. The molecule has 0 aromatic heterocycles. The smallest absolute Gasteiger partial charge is 0.337 e. The van der Waals surface area contributed by atoms with E-state index in [2.05, 4.69) is 15.9 Å². The van der Waals surface area contributed by atoms with Crippen LogP contribution in [0.15, 0.2) is 27.6 Å². The zero-order chi connectivity index (χ0) is 11.5. The number of hydrogen-bond acceptors (Lipinski definition) is 2. The number of carbonyl (C=O) groups is 1. The zero-order valence-electron chi connectivity index (χ0n) is 8.78. The van der Waals surface area contributed by atoms with Gasteiger partial charge in [0.15, 0.2) is 0 Å². The molecule has 0 amide bonds. The van der Waals surface area contributed by atoms with E-state index in [0.29, 0.717) is 15.3 Å². The lowest BCUT2D eigenvalue weighted by molar-refractivity contribution is 0.0692. The molecule has 86 valence electrons. The average molecular weight is 301 g/mol. The molecule has 0 radical (unpaired) electrons. The van der Waals surface area contributed by atoms with Crippen molar-refractivity contribution in [3.8, 4) is 0 Å². The van der Waals surface area contributed by atoms with E-state index in [1.54, 1.807) is 17.8 Å². The van der Waals surface area contributed by atoms with Crippen LogP contribution in [0.25, 0.3) is 0 Å². The number of aromatic carboxylic acids is 1. The molecule has 2 nitrogen and oxygen atoms in total. The van der Waals surface area contributed by atoms with E-state index in [9.17, 15) is 9.90 Å². The van der Waals surface area contributed by atoms with Gasteiger partial charge in [-0.1, -0.05) is 18.9 Å². The van der Waals surface area contributed by atoms with Crippen LogP contribution in [-0.4, -0.2) is 16.3 Å². The van der Waals surface area contributed by atoms with E-state index in [0.717, 1.165) is 4.90 Å². The largest absolute Gasteiger partial charge is 0.478 e. The molecule has 16 heavy (non-hydrogen) atoms. The molecule has 0 atom stereocenters. The molecule has 2 rings (SSSR count). The lowest BCUT2D eigenvalue weighted by Crippen LogP contribution is -2.03. The molecule has 1 aromatic carbocycles. The molecule has 0 saturated heterocycles. The number of carboxylic acid groups (broad SMARTS) is 1. The number of benzene rings is 1. The average Bonchev–Trinajstić information content (AvgIpc) is 2.70. The highest BCUT2D eigenvalue weighted by Gasteiger charge is 2.20. The van der Waals surface area contributed by atoms with Crippen LogP contribution < -0.4 is 0 Å². The maximum Gasteiger partial charge on any atom is 0.337 e. The Morgan fingerprint density at radius 2 is 2.06 bits per heavy atom. The summed E-state index contributed by atoms with van der Waals surface area (Å²) in [4.78, 5) is 12.1. The second kappa shape index (κ2) is 5.23. The molecular formula is C12H13BrO2S. The molecule has 1 aromatic rings. The lowest BCUT2D eigenvalue weighted by Gasteiger charge is -2.11. The van der Waals surface area contributed by atoms with Crippen molar-refractivity contribution in [3.63, 3.8) is 0 Å². The molecular weight excluding hydrogens is 288 g/mol. The van der Waals surface area contributed by atoms with Crippen molar-refractivity contribution in [1.29, 1.82) is 0 Å². The van der Waals surface area contributed by atoms with Crippen molar-refractivity contribution in [3.05, 3.63) is 28.2 Å². The Bertz CT molecular complexity index is 400. The maximum atomic E-state index is 11.2.